The SMILES string of the molecule is CC(C)(C)NC(=O)c1cc(NS(=O)(=O)c2ccccc2)ccc1Cl. The molecule has 0 heterocycles. The highest BCUT2D eigenvalue weighted by Gasteiger charge is 2.19. The van der Waals surface area contributed by atoms with E-state index in [0.717, 1.165) is 0 Å². The first-order chi connectivity index (χ1) is 11.1. The van der Waals surface area contributed by atoms with Crippen LogP contribution in [0.5, 0.6) is 0 Å². The lowest BCUT2D eigenvalue weighted by Gasteiger charge is -2.21. The van der Waals surface area contributed by atoms with E-state index in [4.69, 9.17) is 11.6 Å². The van der Waals surface area contributed by atoms with Crippen LogP contribution in [-0.2, 0) is 10.0 Å². The lowest BCUT2D eigenvalue weighted by atomic mass is 10.1. The topological polar surface area (TPSA) is 75.3 Å². The van der Waals surface area contributed by atoms with Gasteiger partial charge < -0.3 is 5.32 Å². The largest absolute Gasteiger partial charge is 0.347 e. The Hall–Kier alpha value is -2.05. The summed E-state index contributed by atoms with van der Waals surface area (Å²) in [5.74, 6) is -0.367. The Morgan fingerprint density at radius 2 is 1.67 bits per heavy atom. The van der Waals surface area contributed by atoms with Gasteiger partial charge in [-0.3, -0.25) is 9.52 Å². The second-order valence-electron chi connectivity index (χ2n) is 6.32. The van der Waals surface area contributed by atoms with Gasteiger partial charge in [-0.15, -0.1) is 0 Å². The van der Waals surface area contributed by atoms with E-state index < -0.39 is 15.6 Å². The number of halogens is 1. The Morgan fingerprint density at radius 3 is 2.25 bits per heavy atom. The van der Waals surface area contributed by atoms with E-state index in [1.165, 1.54) is 30.3 Å². The molecule has 1 amide bonds. The van der Waals surface area contributed by atoms with Gasteiger partial charge in [-0.05, 0) is 51.1 Å². The predicted molar refractivity (Wildman–Crippen MR) is 95.9 cm³/mol. The van der Waals surface area contributed by atoms with Crippen LogP contribution in [0.4, 0.5) is 5.69 Å². The Kier molecular flexibility index (Phi) is 5.20. The summed E-state index contributed by atoms with van der Waals surface area (Å²) >= 11 is 6.07. The molecule has 0 spiro atoms. The van der Waals surface area contributed by atoms with Gasteiger partial charge in [0.15, 0.2) is 0 Å². The maximum Gasteiger partial charge on any atom is 0.261 e. The van der Waals surface area contributed by atoms with Crippen LogP contribution in [0.1, 0.15) is 31.1 Å². The first kappa shape index (κ1) is 18.3. The zero-order valence-corrected chi connectivity index (χ0v) is 15.2. The molecular formula is C17H19ClN2O3S. The summed E-state index contributed by atoms with van der Waals surface area (Å²) in [7, 11) is -3.73. The molecule has 0 aliphatic carbocycles. The number of amides is 1. The molecule has 0 aliphatic rings. The van der Waals surface area contributed by atoms with Crippen LogP contribution in [0.2, 0.25) is 5.02 Å². The summed E-state index contributed by atoms with van der Waals surface area (Å²) in [6.45, 7) is 5.54. The smallest absolute Gasteiger partial charge is 0.261 e. The number of benzene rings is 2. The summed E-state index contributed by atoms with van der Waals surface area (Å²) < 4.78 is 27.2. The number of carbonyl (C=O) groups is 1. The Bertz CT molecular complexity index is 844. The van der Waals surface area contributed by atoms with Crippen molar-refractivity contribution in [3.63, 3.8) is 0 Å². The van der Waals surface area contributed by atoms with E-state index >= 15 is 0 Å². The maximum atomic E-state index is 12.4. The fourth-order valence-electron chi connectivity index (χ4n) is 1.98. The van der Waals surface area contributed by atoms with Gasteiger partial charge in [0, 0.05) is 11.2 Å². The predicted octanol–water partition coefficient (Wildman–Crippen LogP) is 3.67. The first-order valence-corrected chi connectivity index (χ1v) is 9.14. The molecule has 0 fully saturated rings. The third-order valence-electron chi connectivity index (χ3n) is 3.01. The van der Waals surface area contributed by atoms with Crippen molar-refractivity contribution in [3.8, 4) is 0 Å². The van der Waals surface area contributed by atoms with Gasteiger partial charge in [0.1, 0.15) is 0 Å². The van der Waals surface area contributed by atoms with Crippen molar-refractivity contribution in [1.29, 1.82) is 0 Å². The normalized spacial score (nSPS) is 11.8. The first-order valence-electron chi connectivity index (χ1n) is 7.28. The van der Waals surface area contributed by atoms with E-state index in [0.29, 0.717) is 0 Å². The lowest BCUT2D eigenvalue weighted by Crippen LogP contribution is -2.40. The molecule has 7 heteroatoms. The molecule has 0 saturated heterocycles. The van der Waals surface area contributed by atoms with Gasteiger partial charge in [0.25, 0.3) is 15.9 Å². The number of hydrogen-bond acceptors (Lipinski definition) is 3. The summed E-state index contributed by atoms with van der Waals surface area (Å²) in [5, 5.41) is 3.05. The van der Waals surface area contributed by atoms with Gasteiger partial charge >= 0.3 is 0 Å². The van der Waals surface area contributed by atoms with E-state index in [9.17, 15) is 13.2 Å². The number of sulfonamides is 1. The fourth-order valence-corrected chi connectivity index (χ4v) is 3.26. The van der Waals surface area contributed by atoms with Crippen molar-refractivity contribution in [2.24, 2.45) is 0 Å². The van der Waals surface area contributed by atoms with Gasteiger partial charge in [-0.2, -0.15) is 0 Å². The van der Waals surface area contributed by atoms with Crippen molar-refractivity contribution < 1.29 is 13.2 Å². The minimum Gasteiger partial charge on any atom is -0.347 e. The van der Waals surface area contributed by atoms with Crippen LogP contribution in [0.3, 0.4) is 0 Å². The lowest BCUT2D eigenvalue weighted by molar-refractivity contribution is 0.0919. The van der Waals surface area contributed by atoms with Gasteiger partial charge in [-0.1, -0.05) is 29.8 Å². The number of rotatable bonds is 4. The molecule has 0 unspecified atom stereocenters. The standard InChI is InChI=1S/C17H19ClN2O3S/c1-17(2,3)19-16(21)14-11-12(9-10-15(14)18)20-24(22,23)13-7-5-4-6-8-13/h4-11,20H,1-3H3,(H,19,21). The molecule has 0 aliphatic heterocycles. The highest BCUT2D eigenvalue weighted by atomic mass is 35.5. The van der Waals surface area contributed by atoms with Crippen LogP contribution in [0.15, 0.2) is 53.4 Å². The molecular weight excluding hydrogens is 348 g/mol. The summed E-state index contributed by atoms with van der Waals surface area (Å²) in [6, 6.07) is 12.4. The number of nitrogens with one attached hydrogen (secondary N) is 2. The molecule has 2 aromatic carbocycles. The quantitative estimate of drug-likeness (QED) is 0.866. The summed E-state index contributed by atoms with van der Waals surface area (Å²) in [6.07, 6.45) is 0. The molecule has 2 aromatic rings. The highest BCUT2D eigenvalue weighted by Crippen LogP contribution is 2.23. The number of anilines is 1. The minimum absolute atomic E-state index is 0.139. The minimum atomic E-state index is -3.73. The van der Waals surface area contributed by atoms with Crippen LogP contribution in [0.25, 0.3) is 0 Å². The number of hydrogen-bond donors (Lipinski definition) is 2. The van der Waals surface area contributed by atoms with Gasteiger partial charge in [0.05, 0.1) is 15.5 Å². The van der Waals surface area contributed by atoms with E-state index in [1.807, 2.05) is 20.8 Å². The van der Waals surface area contributed by atoms with Crippen LogP contribution < -0.4 is 10.0 Å². The van der Waals surface area contributed by atoms with Crippen molar-refractivity contribution in [1.82, 2.24) is 5.32 Å². The van der Waals surface area contributed by atoms with Gasteiger partial charge in [0.2, 0.25) is 0 Å². The average Bonchev–Trinajstić information content (AvgIpc) is 2.48. The fraction of sp³-hybridized carbons (Fsp3) is 0.235. The number of carbonyl (C=O) groups excluding carboxylic acids is 1. The molecule has 24 heavy (non-hydrogen) atoms. The third-order valence-corrected chi connectivity index (χ3v) is 4.73. The molecule has 5 nitrogen and oxygen atoms in total. The molecule has 2 rings (SSSR count). The van der Waals surface area contributed by atoms with E-state index in [-0.39, 0.29) is 27.1 Å². The highest BCUT2D eigenvalue weighted by molar-refractivity contribution is 7.92. The molecule has 0 saturated carbocycles. The molecule has 0 aromatic heterocycles. The third kappa shape index (κ3) is 4.72. The summed E-state index contributed by atoms with van der Waals surface area (Å²) in [4.78, 5) is 12.4. The second kappa shape index (κ2) is 6.83. The molecule has 128 valence electrons. The van der Waals surface area contributed by atoms with Crippen molar-refractivity contribution in [2.45, 2.75) is 31.2 Å². The zero-order chi connectivity index (χ0) is 18.0. The summed E-state index contributed by atoms with van der Waals surface area (Å²) in [5.41, 5.74) is 0.0436. The second-order valence-corrected chi connectivity index (χ2v) is 8.41. The Morgan fingerprint density at radius 1 is 1.04 bits per heavy atom. The molecule has 0 bridgehead atoms. The molecule has 0 radical (unpaired) electrons. The van der Waals surface area contributed by atoms with E-state index in [2.05, 4.69) is 10.0 Å². The van der Waals surface area contributed by atoms with Crippen molar-refractivity contribution >= 4 is 33.2 Å². The van der Waals surface area contributed by atoms with Crippen molar-refractivity contribution in [3.05, 3.63) is 59.1 Å². The molecule has 2 N–H and O–H groups in total. The van der Waals surface area contributed by atoms with Crippen LogP contribution in [-0.4, -0.2) is 19.9 Å². The van der Waals surface area contributed by atoms with E-state index in [1.54, 1.807) is 18.2 Å². The van der Waals surface area contributed by atoms with Crippen LogP contribution in [0, 0.1) is 0 Å². The zero-order valence-electron chi connectivity index (χ0n) is 13.6. The van der Waals surface area contributed by atoms with Gasteiger partial charge in [-0.25, -0.2) is 8.42 Å². The maximum absolute atomic E-state index is 12.4. The molecule has 0 atom stereocenters. The monoisotopic (exact) mass is 366 g/mol. The average molecular weight is 367 g/mol. The Balaban J connectivity index is 2.30. The van der Waals surface area contributed by atoms with Crippen LogP contribution >= 0.6 is 11.6 Å². The van der Waals surface area contributed by atoms with Crippen molar-refractivity contribution in [2.75, 3.05) is 4.72 Å². The Labute approximate surface area is 147 Å².